The van der Waals surface area contributed by atoms with Gasteiger partial charge in [-0.25, -0.2) is 4.79 Å². The van der Waals surface area contributed by atoms with E-state index in [0.717, 1.165) is 25.7 Å². The van der Waals surface area contributed by atoms with Crippen LogP contribution in [0, 0.1) is 5.92 Å². The van der Waals surface area contributed by atoms with Crippen molar-refractivity contribution in [1.82, 2.24) is 10.2 Å². The molecular formula is C22H30ClN3O4. The van der Waals surface area contributed by atoms with Gasteiger partial charge in [0.05, 0.1) is 10.6 Å². The van der Waals surface area contributed by atoms with E-state index in [-0.39, 0.29) is 29.9 Å². The minimum Gasteiger partial charge on any atom is -0.444 e. The average Bonchev–Trinajstić information content (AvgIpc) is 3.44. The summed E-state index contributed by atoms with van der Waals surface area (Å²) in [7, 11) is 0. The molecule has 0 aromatic heterocycles. The van der Waals surface area contributed by atoms with Crippen molar-refractivity contribution < 1.29 is 19.1 Å². The molecule has 2 N–H and O–H groups in total. The molecule has 1 aromatic carbocycles. The Kier molecular flexibility index (Phi) is 6.91. The molecule has 1 saturated heterocycles. The first kappa shape index (κ1) is 22.4. The Morgan fingerprint density at radius 2 is 1.80 bits per heavy atom. The Balaban J connectivity index is 1.45. The highest BCUT2D eigenvalue weighted by atomic mass is 35.5. The summed E-state index contributed by atoms with van der Waals surface area (Å²) in [5.74, 6) is -0.0724. The standard InChI is InChI=1S/C22H30ClN3O4/c1-22(2,3)30-21(29)26-10-8-14(9-11-26)12-19(27)24-16-6-7-17(18(23)13-16)20(28)25-15-4-5-15/h6-7,13-15H,4-5,8-12H2,1-3H3,(H,24,27)(H,25,28). The van der Waals surface area contributed by atoms with Gasteiger partial charge >= 0.3 is 6.09 Å². The smallest absolute Gasteiger partial charge is 0.410 e. The van der Waals surface area contributed by atoms with E-state index in [2.05, 4.69) is 10.6 Å². The van der Waals surface area contributed by atoms with Crippen LogP contribution in [0.3, 0.4) is 0 Å². The summed E-state index contributed by atoms with van der Waals surface area (Å²) in [5, 5.41) is 6.07. The van der Waals surface area contributed by atoms with Gasteiger partial charge in [-0.15, -0.1) is 0 Å². The number of rotatable bonds is 5. The fraction of sp³-hybridized carbons (Fsp3) is 0.591. The van der Waals surface area contributed by atoms with Crippen molar-refractivity contribution in [3.05, 3.63) is 28.8 Å². The Morgan fingerprint density at radius 3 is 2.37 bits per heavy atom. The fourth-order valence-corrected chi connectivity index (χ4v) is 3.65. The Bertz CT molecular complexity index is 809. The highest BCUT2D eigenvalue weighted by Gasteiger charge is 2.28. The van der Waals surface area contributed by atoms with Gasteiger partial charge in [0.1, 0.15) is 5.60 Å². The van der Waals surface area contributed by atoms with Crippen LogP contribution in [0.15, 0.2) is 18.2 Å². The highest BCUT2D eigenvalue weighted by Crippen LogP contribution is 2.26. The van der Waals surface area contributed by atoms with E-state index in [1.165, 1.54) is 0 Å². The number of nitrogens with one attached hydrogen (secondary N) is 2. The van der Waals surface area contributed by atoms with Crippen molar-refractivity contribution in [1.29, 1.82) is 0 Å². The van der Waals surface area contributed by atoms with E-state index < -0.39 is 5.60 Å². The van der Waals surface area contributed by atoms with Crippen molar-refractivity contribution in [2.45, 2.75) is 64.5 Å². The lowest BCUT2D eigenvalue weighted by Crippen LogP contribution is -2.42. The summed E-state index contributed by atoms with van der Waals surface area (Å²) in [6.07, 6.45) is 3.61. The molecule has 2 aliphatic rings. The van der Waals surface area contributed by atoms with E-state index in [1.54, 1.807) is 23.1 Å². The molecule has 1 aliphatic carbocycles. The lowest BCUT2D eigenvalue weighted by molar-refractivity contribution is -0.117. The molecule has 7 nitrogen and oxygen atoms in total. The first-order valence-electron chi connectivity index (χ1n) is 10.5. The molecule has 3 amide bonds. The van der Waals surface area contributed by atoms with Crippen molar-refractivity contribution in [3.63, 3.8) is 0 Å². The molecule has 1 saturated carbocycles. The van der Waals surface area contributed by atoms with Gasteiger partial charge in [0.25, 0.3) is 5.91 Å². The predicted octanol–water partition coefficient (Wildman–Crippen LogP) is 4.21. The lowest BCUT2D eigenvalue weighted by atomic mass is 9.93. The van der Waals surface area contributed by atoms with Crippen LogP contribution in [0.25, 0.3) is 0 Å². The number of amides is 3. The molecule has 1 aliphatic heterocycles. The lowest BCUT2D eigenvalue weighted by Gasteiger charge is -2.33. The molecule has 164 valence electrons. The van der Waals surface area contributed by atoms with Crippen LogP contribution in [0.1, 0.15) is 63.2 Å². The number of halogens is 1. The normalized spacial score (nSPS) is 17.4. The van der Waals surface area contributed by atoms with Crippen LogP contribution in [-0.2, 0) is 9.53 Å². The molecule has 3 rings (SSSR count). The van der Waals surface area contributed by atoms with Crippen LogP contribution in [0.2, 0.25) is 5.02 Å². The number of likely N-dealkylation sites (tertiary alicyclic amines) is 1. The molecule has 0 unspecified atom stereocenters. The Morgan fingerprint density at radius 1 is 1.13 bits per heavy atom. The number of nitrogens with zero attached hydrogens (tertiary/aromatic N) is 1. The van der Waals surface area contributed by atoms with Gasteiger partial charge in [0, 0.05) is 31.2 Å². The Labute approximate surface area is 182 Å². The van der Waals surface area contributed by atoms with Crippen LogP contribution < -0.4 is 10.6 Å². The monoisotopic (exact) mass is 435 g/mol. The zero-order chi connectivity index (χ0) is 21.9. The number of carbonyl (C=O) groups excluding carboxylic acids is 3. The third kappa shape index (κ3) is 6.62. The zero-order valence-corrected chi connectivity index (χ0v) is 18.6. The molecule has 0 atom stereocenters. The first-order chi connectivity index (χ1) is 14.1. The molecule has 8 heteroatoms. The summed E-state index contributed by atoms with van der Waals surface area (Å²) < 4.78 is 5.40. The maximum Gasteiger partial charge on any atom is 0.410 e. The predicted molar refractivity (Wildman–Crippen MR) is 116 cm³/mol. The van der Waals surface area contributed by atoms with Gasteiger partial charge in [-0.3, -0.25) is 9.59 Å². The van der Waals surface area contributed by atoms with E-state index >= 15 is 0 Å². The summed E-state index contributed by atoms with van der Waals surface area (Å²) >= 11 is 6.23. The maximum atomic E-state index is 12.4. The molecule has 0 bridgehead atoms. The number of ether oxygens (including phenoxy) is 1. The molecule has 1 aromatic rings. The maximum absolute atomic E-state index is 12.4. The fourth-order valence-electron chi connectivity index (χ4n) is 3.39. The van der Waals surface area contributed by atoms with Crippen LogP contribution >= 0.6 is 11.6 Å². The number of hydrogen-bond acceptors (Lipinski definition) is 4. The number of hydrogen-bond donors (Lipinski definition) is 2. The summed E-state index contributed by atoms with van der Waals surface area (Å²) in [5.41, 5.74) is 0.471. The minimum atomic E-state index is -0.511. The second kappa shape index (κ2) is 9.25. The average molecular weight is 436 g/mol. The topological polar surface area (TPSA) is 87.7 Å². The number of anilines is 1. The van der Waals surface area contributed by atoms with E-state index in [0.29, 0.717) is 35.8 Å². The van der Waals surface area contributed by atoms with Crippen molar-refractivity contribution in [3.8, 4) is 0 Å². The van der Waals surface area contributed by atoms with Crippen molar-refractivity contribution >= 4 is 35.2 Å². The number of carbonyl (C=O) groups is 3. The second-order valence-corrected chi connectivity index (χ2v) is 9.51. The van der Waals surface area contributed by atoms with Crippen LogP contribution in [0.4, 0.5) is 10.5 Å². The van der Waals surface area contributed by atoms with Crippen LogP contribution in [-0.4, -0.2) is 47.5 Å². The van der Waals surface area contributed by atoms with Gasteiger partial charge in [-0.05, 0) is 70.6 Å². The van der Waals surface area contributed by atoms with E-state index in [1.807, 2.05) is 20.8 Å². The van der Waals surface area contributed by atoms with Crippen molar-refractivity contribution in [2.75, 3.05) is 18.4 Å². The zero-order valence-electron chi connectivity index (χ0n) is 17.8. The summed E-state index contributed by atoms with van der Waals surface area (Å²) in [6, 6.07) is 5.19. The van der Waals surface area contributed by atoms with Crippen LogP contribution in [0.5, 0.6) is 0 Å². The van der Waals surface area contributed by atoms with Gasteiger partial charge in [-0.2, -0.15) is 0 Å². The molecule has 2 fully saturated rings. The Hall–Kier alpha value is -2.28. The van der Waals surface area contributed by atoms with Crippen molar-refractivity contribution in [2.24, 2.45) is 5.92 Å². The molecule has 0 radical (unpaired) electrons. The SMILES string of the molecule is CC(C)(C)OC(=O)N1CCC(CC(=O)Nc2ccc(C(=O)NC3CC3)c(Cl)c2)CC1. The highest BCUT2D eigenvalue weighted by molar-refractivity contribution is 6.34. The molecule has 0 spiro atoms. The van der Waals surface area contributed by atoms with Gasteiger partial charge < -0.3 is 20.3 Å². The number of benzene rings is 1. The summed E-state index contributed by atoms with van der Waals surface area (Å²) in [4.78, 5) is 38.4. The molecule has 1 heterocycles. The minimum absolute atomic E-state index is 0.100. The summed E-state index contributed by atoms with van der Waals surface area (Å²) in [6.45, 7) is 6.72. The van der Waals surface area contributed by atoms with E-state index in [9.17, 15) is 14.4 Å². The molecular weight excluding hydrogens is 406 g/mol. The van der Waals surface area contributed by atoms with E-state index in [4.69, 9.17) is 16.3 Å². The van der Waals surface area contributed by atoms with Gasteiger partial charge in [-0.1, -0.05) is 11.6 Å². The third-order valence-corrected chi connectivity index (χ3v) is 5.46. The number of piperidine rings is 1. The quantitative estimate of drug-likeness (QED) is 0.725. The first-order valence-corrected chi connectivity index (χ1v) is 10.9. The van der Waals surface area contributed by atoms with Gasteiger partial charge in [0.15, 0.2) is 0 Å². The third-order valence-electron chi connectivity index (χ3n) is 5.15. The largest absolute Gasteiger partial charge is 0.444 e. The second-order valence-electron chi connectivity index (χ2n) is 9.11. The molecule has 30 heavy (non-hydrogen) atoms. The van der Waals surface area contributed by atoms with Gasteiger partial charge in [0.2, 0.25) is 5.91 Å².